The lowest BCUT2D eigenvalue weighted by molar-refractivity contribution is -0.125. The van der Waals surface area contributed by atoms with Gasteiger partial charge in [-0.2, -0.15) is 0 Å². The van der Waals surface area contributed by atoms with Crippen LogP contribution in [0.15, 0.2) is 0 Å². The normalized spacial score (nSPS) is 34.2. The van der Waals surface area contributed by atoms with E-state index in [0.717, 1.165) is 4.90 Å². The van der Waals surface area contributed by atoms with Crippen molar-refractivity contribution in [1.29, 1.82) is 0 Å². The molecular weight excluding hydrogens is 311 g/mol. The van der Waals surface area contributed by atoms with Crippen LogP contribution >= 0.6 is 7.82 Å². The zero-order valence-electron chi connectivity index (χ0n) is 10.7. The number of aliphatic hydroxyl groups excluding tert-OH is 2. The molecule has 0 aromatic carbocycles. The van der Waals surface area contributed by atoms with Crippen LogP contribution in [-0.2, 0) is 18.6 Å². The molecule has 4 unspecified atom stereocenters. The summed E-state index contributed by atoms with van der Waals surface area (Å²) in [6.45, 7) is -0.668. The molecule has 5 N–H and O–H groups in total. The topological polar surface area (TPSA) is 166 Å². The van der Waals surface area contributed by atoms with E-state index in [0.29, 0.717) is 0 Å². The molecule has 2 heterocycles. The molecule has 0 aliphatic carbocycles. The first-order valence-corrected chi connectivity index (χ1v) is 7.54. The molecule has 0 radical (unpaired) electrons. The molecule has 2 saturated heterocycles. The van der Waals surface area contributed by atoms with Gasteiger partial charge in [-0.1, -0.05) is 0 Å². The van der Waals surface area contributed by atoms with Gasteiger partial charge in [0.15, 0.2) is 6.23 Å². The summed E-state index contributed by atoms with van der Waals surface area (Å²) in [5.41, 5.74) is 0. The van der Waals surface area contributed by atoms with Crippen LogP contribution in [0.4, 0.5) is 4.79 Å². The zero-order chi connectivity index (χ0) is 15.8. The Morgan fingerprint density at radius 1 is 1.33 bits per heavy atom. The summed E-state index contributed by atoms with van der Waals surface area (Å²) in [6.07, 6.45) is -5.43. The van der Waals surface area contributed by atoms with Gasteiger partial charge in [0.2, 0.25) is 5.91 Å². The molecule has 0 saturated carbocycles. The van der Waals surface area contributed by atoms with Gasteiger partial charge in [-0.05, 0) is 0 Å². The number of nitrogens with zero attached hydrogens (tertiary/aromatic N) is 1. The molecule has 0 spiro atoms. The van der Waals surface area contributed by atoms with Crippen molar-refractivity contribution in [3.8, 4) is 0 Å². The number of hydrogen-bond acceptors (Lipinski definition) is 7. The molecule has 0 aromatic heterocycles. The molecular formula is C9H15N2O9P. The Balaban J connectivity index is 2.01. The van der Waals surface area contributed by atoms with E-state index in [1.165, 1.54) is 0 Å². The van der Waals surface area contributed by atoms with Gasteiger partial charge in [0, 0.05) is 13.0 Å². The molecule has 2 aliphatic heterocycles. The number of hydrogen-bond donors (Lipinski definition) is 5. The first-order chi connectivity index (χ1) is 9.69. The molecule has 2 fully saturated rings. The van der Waals surface area contributed by atoms with Crippen molar-refractivity contribution in [3.05, 3.63) is 0 Å². The Hall–Kier alpha value is -1.07. The maximum atomic E-state index is 11.6. The second-order valence-corrected chi connectivity index (χ2v) is 5.87. The zero-order valence-corrected chi connectivity index (χ0v) is 11.5. The number of aliphatic hydroxyl groups is 2. The van der Waals surface area contributed by atoms with Crippen LogP contribution in [0, 0.1) is 0 Å². The van der Waals surface area contributed by atoms with E-state index < -0.39 is 50.9 Å². The Morgan fingerprint density at radius 3 is 2.57 bits per heavy atom. The highest BCUT2D eigenvalue weighted by atomic mass is 31.2. The van der Waals surface area contributed by atoms with Crippen LogP contribution in [0.2, 0.25) is 0 Å². The molecule has 0 bridgehead atoms. The molecule has 12 heteroatoms. The highest BCUT2D eigenvalue weighted by molar-refractivity contribution is 7.46. The first-order valence-electron chi connectivity index (χ1n) is 6.01. The van der Waals surface area contributed by atoms with Gasteiger partial charge in [0.05, 0.1) is 6.61 Å². The van der Waals surface area contributed by atoms with Crippen LogP contribution in [0.1, 0.15) is 6.42 Å². The van der Waals surface area contributed by atoms with Crippen LogP contribution in [0.3, 0.4) is 0 Å². The Bertz CT molecular complexity index is 480. The number of amides is 3. The van der Waals surface area contributed by atoms with Crippen LogP contribution in [0.5, 0.6) is 0 Å². The van der Waals surface area contributed by atoms with Crippen molar-refractivity contribution in [1.82, 2.24) is 10.2 Å². The highest BCUT2D eigenvalue weighted by Gasteiger charge is 2.48. The van der Waals surface area contributed by atoms with E-state index in [2.05, 4.69) is 4.52 Å². The minimum absolute atomic E-state index is 0.00875. The minimum Gasteiger partial charge on any atom is -0.387 e. The number of phosphoric ester groups is 1. The average Bonchev–Trinajstić information content (AvgIpc) is 2.64. The number of imide groups is 1. The summed E-state index contributed by atoms with van der Waals surface area (Å²) in [5, 5.41) is 21.7. The second kappa shape index (κ2) is 5.97. The molecule has 21 heavy (non-hydrogen) atoms. The van der Waals surface area contributed by atoms with Crippen LogP contribution < -0.4 is 5.32 Å². The number of ether oxygens (including phenoxy) is 1. The van der Waals surface area contributed by atoms with E-state index >= 15 is 0 Å². The summed E-state index contributed by atoms with van der Waals surface area (Å²) in [6, 6.07) is -0.779. The van der Waals surface area contributed by atoms with Gasteiger partial charge in [-0.3, -0.25) is 19.5 Å². The molecule has 2 aliphatic rings. The third kappa shape index (κ3) is 3.77. The Morgan fingerprint density at radius 2 is 2.00 bits per heavy atom. The lowest BCUT2D eigenvalue weighted by Gasteiger charge is -2.32. The lowest BCUT2D eigenvalue weighted by Crippen LogP contribution is -2.56. The standard InChI is InChI=1S/C9H15N2O9P/c12-5-1-2-11(9(15)10-5)8-7(14)6(13)4(20-8)3-19-21(16,17)18/h4,6-8,13-14H,1-3H2,(H,10,12,15)(H2,16,17,18). The first kappa shape index (κ1) is 16.3. The summed E-state index contributed by atoms with van der Waals surface area (Å²) >= 11 is 0. The van der Waals surface area contributed by atoms with Crippen molar-refractivity contribution in [2.45, 2.75) is 31.0 Å². The number of carbonyl (C=O) groups excluding carboxylic acids is 2. The molecule has 2 rings (SSSR count). The minimum atomic E-state index is -4.75. The fraction of sp³-hybridized carbons (Fsp3) is 0.778. The van der Waals surface area contributed by atoms with E-state index in [9.17, 15) is 24.4 Å². The van der Waals surface area contributed by atoms with Gasteiger partial charge in [0.25, 0.3) is 0 Å². The Labute approximate surface area is 118 Å². The molecule has 11 nitrogen and oxygen atoms in total. The van der Waals surface area contributed by atoms with Gasteiger partial charge in [-0.25, -0.2) is 9.36 Å². The maximum Gasteiger partial charge on any atom is 0.469 e. The predicted octanol–water partition coefficient (Wildman–Crippen LogP) is -2.52. The van der Waals surface area contributed by atoms with Gasteiger partial charge >= 0.3 is 13.9 Å². The third-order valence-corrected chi connectivity index (χ3v) is 3.62. The number of nitrogens with one attached hydrogen (secondary N) is 1. The number of carbonyl (C=O) groups is 2. The van der Waals surface area contributed by atoms with Gasteiger partial charge < -0.3 is 24.7 Å². The molecule has 3 amide bonds. The summed E-state index contributed by atoms with van der Waals surface area (Å²) in [7, 11) is -4.75. The summed E-state index contributed by atoms with van der Waals surface area (Å²) in [4.78, 5) is 40.9. The number of urea groups is 1. The van der Waals surface area contributed by atoms with E-state index in [1.807, 2.05) is 5.32 Å². The van der Waals surface area contributed by atoms with E-state index in [4.69, 9.17) is 14.5 Å². The maximum absolute atomic E-state index is 11.6. The second-order valence-electron chi connectivity index (χ2n) is 4.63. The fourth-order valence-corrected chi connectivity index (χ4v) is 2.46. The van der Waals surface area contributed by atoms with Crippen molar-refractivity contribution in [3.63, 3.8) is 0 Å². The predicted molar refractivity (Wildman–Crippen MR) is 63.5 cm³/mol. The van der Waals surface area contributed by atoms with E-state index in [-0.39, 0.29) is 13.0 Å². The van der Waals surface area contributed by atoms with Crippen molar-refractivity contribution in [2.75, 3.05) is 13.2 Å². The number of phosphoric acid groups is 1. The van der Waals surface area contributed by atoms with Crippen LogP contribution in [0.25, 0.3) is 0 Å². The smallest absolute Gasteiger partial charge is 0.387 e. The Kier molecular flexibility index (Phi) is 4.63. The van der Waals surface area contributed by atoms with Gasteiger partial charge in [-0.15, -0.1) is 0 Å². The third-order valence-electron chi connectivity index (χ3n) is 3.14. The monoisotopic (exact) mass is 326 g/mol. The quantitative estimate of drug-likeness (QED) is 0.350. The van der Waals surface area contributed by atoms with E-state index in [1.54, 1.807) is 0 Å². The SMILES string of the molecule is O=C1CCN(C2OC(COP(=O)(O)O)C(O)C2O)C(=O)N1. The highest BCUT2D eigenvalue weighted by Crippen LogP contribution is 2.37. The lowest BCUT2D eigenvalue weighted by atomic mass is 10.1. The average molecular weight is 326 g/mol. The number of rotatable bonds is 4. The molecule has 4 atom stereocenters. The van der Waals surface area contributed by atoms with Crippen molar-refractivity contribution in [2.24, 2.45) is 0 Å². The molecule has 0 aromatic rings. The van der Waals surface area contributed by atoms with Crippen LogP contribution in [-0.4, -0.2) is 74.5 Å². The summed E-state index contributed by atoms with van der Waals surface area (Å²) in [5.74, 6) is -0.467. The van der Waals surface area contributed by atoms with Crippen molar-refractivity contribution >= 4 is 19.8 Å². The van der Waals surface area contributed by atoms with Gasteiger partial charge in [0.1, 0.15) is 18.3 Å². The summed E-state index contributed by atoms with van der Waals surface area (Å²) < 4.78 is 20.0. The fourth-order valence-electron chi connectivity index (χ4n) is 2.11. The van der Waals surface area contributed by atoms with Crippen molar-refractivity contribution < 1.29 is 43.4 Å². The largest absolute Gasteiger partial charge is 0.469 e. The molecule has 120 valence electrons.